The first kappa shape index (κ1) is 19.1. The number of hydrogen-bond acceptors (Lipinski definition) is 4. The van der Waals surface area contributed by atoms with Crippen molar-refractivity contribution >= 4 is 67.3 Å². The molecule has 0 bridgehead atoms. The summed E-state index contributed by atoms with van der Waals surface area (Å²) >= 11 is 13.7. The van der Waals surface area contributed by atoms with E-state index in [0.717, 1.165) is 10.1 Å². The zero-order chi connectivity index (χ0) is 20.8. The Hall–Kier alpha value is -2.93. The minimum Gasteiger partial charge on any atom is -0.436 e. The maximum atomic E-state index is 14.0. The molecular weight excluding hydrogens is 446 g/mol. The van der Waals surface area contributed by atoms with Gasteiger partial charge in [0.05, 0.1) is 10.6 Å². The second kappa shape index (κ2) is 7.40. The molecule has 0 aliphatic heterocycles. The summed E-state index contributed by atoms with van der Waals surface area (Å²) in [6.45, 7) is 0. The zero-order valence-electron chi connectivity index (χ0n) is 15.1. The molecule has 0 saturated carbocycles. The van der Waals surface area contributed by atoms with Crippen LogP contribution in [-0.2, 0) is 0 Å². The van der Waals surface area contributed by atoms with E-state index in [4.69, 9.17) is 27.6 Å². The molecule has 3 aromatic carbocycles. The third kappa shape index (κ3) is 3.33. The number of fused-ring (bicyclic) bond motifs is 2. The molecule has 5 rings (SSSR count). The number of halogens is 3. The number of nitrogens with zero attached hydrogens (tertiary/aromatic N) is 1. The van der Waals surface area contributed by atoms with E-state index >= 15 is 0 Å². The van der Waals surface area contributed by atoms with Gasteiger partial charge in [0.2, 0.25) is 5.89 Å². The molecule has 148 valence electrons. The molecule has 4 nitrogen and oxygen atoms in total. The lowest BCUT2D eigenvalue weighted by molar-refractivity contribution is 0.103. The maximum Gasteiger partial charge on any atom is 0.267 e. The number of hydrogen-bond donors (Lipinski definition) is 1. The highest BCUT2D eigenvalue weighted by Gasteiger charge is 2.18. The maximum absolute atomic E-state index is 14.0. The van der Waals surface area contributed by atoms with Gasteiger partial charge in [-0.15, -0.1) is 11.3 Å². The summed E-state index contributed by atoms with van der Waals surface area (Å²) in [6.07, 6.45) is 0. The number of thiophene rings is 1. The first-order chi connectivity index (χ1) is 14.5. The second-order valence-electron chi connectivity index (χ2n) is 6.52. The third-order valence-electron chi connectivity index (χ3n) is 4.55. The SMILES string of the molecule is O=C(Nc1ccc2oc(-c3ccccc3F)nc2c1)c1sc2cc(Cl)ccc2c1Cl. The normalized spacial score (nSPS) is 11.3. The van der Waals surface area contributed by atoms with Gasteiger partial charge in [-0.1, -0.05) is 41.4 Å². The molecule has 0 spiro atoms. The Morgan fingerprint density at radius 1 is 1.07 bits per heavy atom. The Labute approximate surface area is 183 Å². The van der Waals surface area contributed by atoms with Gasteiger partial charge in [-0.3, -0.25) is 4.79 Å². The summed E-state index contributed by atoms with van der Waals surface area (Å²) < 4.78 is 20.5. The number of rotatable bonds is 3. The molecule has 5 aromatic rings. The molecule has 0 saturated heterocycles. The Kier molecular flexibility index (Phi) is 4.70. The van der Waals surface area contributed by atoms with Crippen molar-refractivity contribution in [3.63, 3.8) is 0 Å². The zero-order valence-corrected chi connectivity index (χ0v) is 17.4. The number of aromatic nitrogens is 1. The standard InChI is InChI=1S/C22H11Cl2FN2O2S/c23-11-5-7-14-18(9-11)30-20(19(14)24)21(28)26-12-6-8-17-16(10-12)27-22(29-17)13-3-1-2-4-15(13)25/h1-10H,(H,26,28). The van der Waals surface area contributed by atoms with Crippen LogP contribution in [0.1, 0.15) is 9.67 Å². The molecule has 8 heteroatoms. The van der Waals surface area contributed by atoms with Gasteiger partial charge in [-0.25, -0.2) is 9.37 Å². The van der Waals surface area contributed by atoms with E-state index in [1.807, 2.05) is 0 Å². The summed E-state index contributed by atoms with van der Waals surface area (Å²) in [6, 6.07) is 16.6. The van der Waals surface area contributed by atoms with Crippen molar-refractivity contribution < 1.29 is 13.6 Å². The molecule has 1 amide bonds. The highest BCUT2D eigenvalue weighted by atomic mass is 35.5. The number of oxazole rings is 1. The number of amides is 1. The second-order valence-corrected chi connectivity index (χ2v) is 8.39. The molecule has 0 unspecified atom stereocenters. The number of anilines is 1. The van der Waals surface area contributed by atoms with Gasteiger partial charge in [-0.05, 0) is 42.5 Å². The quantitative estimate of drug-likeness (QED) is 0.307. The van der Waals surface area contributed by atoms with Gasteiger partial charge in [0, 0.05) is 20.8 Å². The number of nitrogens with one attached hydrogen (secondary N) is 1. The average molecular weight is 457 g/mol. The smallest absolute Gasteiger partial charge is 0.267 e. The van der Waals surface area contributed by atoms with Crippen molar-refractivity contribution in [3.8, 4) is 11.5 Å². The first-order valence-corrected chi connectivity index (χ1v) is 10.4. The van der Waals surface area contributed by atoms with Crippen LogP contribution in [0.15, 0.2) is 65.1 Å². The first-order valence-electron chi connectivity index (χ1n) is 8.84. The summed E-state index contributed by atoms with van der Waals surface area (Å²) in [5.41, 5.74) is 1.78. The fraction of sp³-hybridized carbons (Fsp3) is 0. The lowest BCUT2D eigenvalue weighted by atomic mass is 10.2. The lowest BCUT2D eigenvalue weighted by Crippen LogP contribution is -2.10. The fourth-order valence-electron chi connectivity index (χ4n) is 3.13. The number of carbonyl (C=O) groups is 1. The summed E-state index contributed by atoms with van der Waals surface area (Å²) in [5.74, 6) is -0.581. The summed E-state index contributed by atoms with van der Waals surface area (Å²) in [5, 5.41) is 4.56. The Morgan fingerprint density at radius 3 is 2.73 bits per heavy atom. The fourth-order valence-corrected chi connectivity index (χ4v) is 4.82. The summed E-state index contributed by atoms with van der Waals surface area (Å²) in [4.78, 5) is 17.5. The van der Waals surface area contributed by atoms with Gasteiger partial charge >= 0.3 is 0 Å². The van der Waals surface area contributed by atoms with Crippen LogP contribution in [0.5, 0.6) is 0 Å². The molecular formula is C22H11Cl2FN2O2S. The van der Waals surface area contributed by atoms with Crippen LogP contribution in [0, 0.1) is 5.82 Å². The molecule has 1 N–H and O–H groups in total. The minimum absolute atomic E-state index is 0.177. The van der Waals surface area contributed by atoms with Crippen molar-refractivity contribution in [2.75, 3.05) is 5.32 Å². The van der Waals surface area contributed by atoms with E-state index < -0.39 is 5.82 Å². The van der Waals surface area contributed by atoms with Crippen LogP contribution in [0.25, 0.3) is 32.6 Å². The van der Waals surface area contributed by atoms with Crippen LogP contribution in [0.3, 0.4) is 0 Å². The third-order valence-corrected chi connectivity index (χ3v) is 6.44. The molecule has 0 radical (unpaired) electrons. The predicted molar refractivity (Wildman–Crippen MR) is 119 cm³/mol. The van der Waals surface area contributed by atoms with Crippen molar-refractivity contribution in [2.45, 2.75) is 0 Å². The number of carbonyl (C=O) groups excluding carboxylic acids is 1. The summed E-state index contributed by atoms with van der Waals surface area (Å²) in [7, 11) is 0. The van der Waals surface area contributed by atoms with Gasteiger partial charge in [-0.2, -0.15) is 0 Å². The molecule has 0 fully saturated rings. The molecule has 0 atom stereocenters. The van der Waals surface area contributed by atoms with Gasteiger partial charge < -0.3 is 9.73 Å². The Balaban J connectivity index is 1.46. The van der Waals surface area contributed by atoms with E-state index in [9.17, 15) is 9.18 Å². The van der Waals surface area contributed by atoms with E-state index in [1.165, 1.54) is 17.4 Å². The predicted octanol–water partition coefficient (Wildman–Crippen LogP) is 7.41. The minimum atomic E-state index is -0.419. The average Bonchev–Trinajstić information content (AvgIpc) is 3.28. The lowest BCUT2D eigenvalue weighted by Gasteiger charge is -2.03. The van der Waals surface area contributed by atoms with Crippen LogP contribution in [0.4, 0.5) is 10.1 Å². The van der Waals surface area contributed by atoms with Gasteiger partial charge in [0.15, 0.2) is 5.58 Å². The van der Waals surface area contributed by atoms with Crippen molar-refractivity contribution in [1.29, 1.82) is 0 Å². The van der Waals surface area contributed by atoms with Gasteiger partial charge in [0.1, 0.15) is 16.2 Å². The topological polar surface area (TPSA) is 55.1 Å². The Bertz CT molecular complexity index is 1440. The molecule has 0 aliphatic carbocycles. The van der Waals surface area contributed by atoms with Crippen molar-refractivity contribution in [2.24, 2.45) is 0 Å². The van der Waals surface area contributed by atoms with E-state index in [-0.39, 0.29) is 17.4 Å². The van der Waals surface area contributed by atoms with Crippen LogP contribution in [-0.4, -0.2) is 10.9 Å². The van der Waals surface area contributed by atoms with E-state index in [2.05, 4.69) is 10.3 Å². The Morgan fingerprint density at radius 2 is 1.90 bits per heavy atom. The molecule has 2 heterocycles. The van der Waals surface area contributed by atoms with Crippen LogP contribution < -0.4 is 5.32 Å². The molecule has 30 heavy (non-hydrogen) atoms. The van der Waals surface area contributed by atoms with Crippen LogP contribution in [0.2, 0.25) is 10.0 Å². The largest absolute Gasteiger partial charge is 0.436 e. The van der Waals surface area contributed by atoms with E-state index in [0.29, 0.717) is 31.7 Å². The van der Waals surface area contributed by atoms with Crippen LogP contribution >= 0.6 is 34.5 Å². The van der Waals surface area contributed by atoms with Crippen molar-refractivity contribution in [1.82, 2.24) is 4.98 Å². The van der Waals surface area contributed by atoms with Crippen molar-refractivity contribution in [3.05, 3.63) is 81.4 Å². The highest BCUT2D eigenvalue weighted by Crippen LogP contribution is 2.37. The monoisotopic (exact) mass is 456 g/mol. The molecule has 0 aliphatic rings. The highest BCUT2D eigenvalue weighted by molar-refractivity contribution is 7.21. The van der Waals surface area contributed by atoms with Gasteiger partial charge in [0.25, 0.3) is 5.91 Å². The molecule has 2 aromatic heterocycles. The number of benzene rings is 3. The van der Waals surface area contributed by atoms with E-state index in [1.54, 1.807) is 54.6 Å².